The normalized spacial score (nSPS) is 14.4. The number of rotatable bonds is 7. The number of amides is 3. The van der Waals surface area contributed by atoms with Gasteiger partial charge >= 0.3 is 0 Å². The Bertz CT molecular complexity index is 1390. The number of carbonyl (C=O) groups is 3. The molecule has 0 atom stereocenters. The highest BCUT2D eigenvalue weighted by Gasteiger charge is 2.35. The van der Waals surface area contributed by atoms with E-state index >= 15 is 0 Å². The van der Waals surface area contributed by atoms with Crippen molar-refractivity contribution in [2.24, 2.45) is 0 Å². The van der Waals surface area contributed by atoms with Crippen LogP contribution in [0.2, 0.25) is 5.02 Å². The molecule has 3 aromatic carbocycles. The Morgan fingerprint density at radius 3 is 2.67 bits per heavy atom. The van der Waals surface area contributed by atoms with Crippen molar-refractivity contribution < 1.29 is 23.5 Å². The van der Waals surface area contributed by atoms with Crippen molar-refractivity contribution in [2.45, 2.75) is 20.4 Å². The number of halogens is 2. The van der Waals surface area contributed by atoms with Crippen LogP contribution in [-0.2, 0) is 16.1 Å². The van der Waals surface area contributed by atoms with E-state index < -0.39 is 17.0 Å². The summed E-state index contributed by atoms with van der Waals surface area (Å²) < 4.78 is 18.9. The first-order valence-corrected chi connectivity index (χ1v) is 12.2. The quantitative estimate of drug-likeness (QED) is 0.364. The molecule has 1 saturated heterocycles. The SMILES string of the molecule is Cc1ccc(NC(=O)COc2cccc(/C=C3\SC(=O)N(Cc4ccc(F)cc4Cl)C3=O)c2)c(C)c1. The molecule has 1 heterocycles. The Balaban J connectivity index is 1.40. The van der Waals surface area contributed by atoms with Crippen LogP contribution < -0.4 is 10.1 Å². The Morgan fingerprint density at radius 1 is 1.11 bits per heavy atom. The second kappa shape index (κ2) is 11.0. The fraction of sp³-hybridized carbons (Fsp3) is 0.148. The minimum atomic E-state index is -0.498. The van der Waals surface area contributed by atoms with Crippen molar-refractivity contribution in [3.05, 3.63) is 98.7 Å². The number of aryl methyl sites for hydroxylation is 2. The van der Waals surface area contributed by atoms with Crippen LogP contribution in [0.15, 0.2) is 65.6 Å². The highest BCUT2D eigenvalue weighted by atomic mass is 35.5. The van der Waals surface area contributed by atoms with E-state index in [2.05, 4.69) is 5.32 Å². The molecule has 6 nitrogen and oxygen atoms in total. The molecular weight excluding hydrogens is 503 g/mol. The second-order valence-corrected chi connectivity index (χ2v) is 9.63. The highest BCUT2D eigenvalue weighted by Crippen LogP contribution is 2.34. The average Bonchev–Trinajstić information content (AvgIpc) is 3.08. The molecule has 0 saturated carbocycles. The molecular formula is C27H22ClFN2O4S. The van der Waals surface area contributed by atoms with Crippen molar-refractivity contribution >= 4 is 52.2 Å². The summed E-state index contributed by atoms with van der Waals surface area (Å²) in [6.07, 6.45) is 1.58. The third-order valence-corrected chi connectivity index (χ3v) is 6.66. The maximum Gasteiger partial charge on any atom is 0.293 e. The summed E-state index contributed by atoms with van der Waals surface area (Å²) in [5.41, 5.74) is 3.89. The van der Waals surface area contributed by atoms with E-state index in [4.69, 9.17) is 16.3 Å². The zero-order chi connectivity index (χ0) is 25.8. The number of nitrogens with zero attached hydrogens (tertiary/aromatic N) is 1. The number of hydrogen-bond acceptors (Lipinski definition) is 5. The van der Waals surface area contributed by atoms with Crippen LogP contribution in [0.4, 0.5) is 14.9 Å². The monoisotopic (exact) mass is 524 g/mol. The molecule has 1 fully saturated rings. The maximum atomic E-state index is 13.3. The fourth-order valence-corrected chi connectivity index (χ4v) is 4.66. The molecule has 0 aliphatic carbocycles. The van der Waals surface area contributed by atoms with Gasteiger partial charge in [-0.15, -0.1) is 0 Å². The number of imide groups is 1. The van der Waals surface area contributed by atoms with Gasteiger partial charge < -0.3 is 10.1 Å². The molecule has 1 aliphatic heterocycles. The predicted octanol–water partition coefficient (Wildman–Crippen LogP) is 6.35. The van der Waals surface area contributed by atoms with Crippen LogP contribution in [0.1, 0.15) is 22.3 Å². The van der Waals surface area contributed by atoms with Gasteiger partial charge in [0, 0.05) is 10.7 Å². The molecule has 3 aromatic rings. The average molecular weight is 525 g/mol. The molecule has 184 valence electrons. The molecule has 1 aliphatic rings. The van der Waals surface area contributed by atoms with Gasteiger partial charge in [0.1, 0.15) is 11.6 Å². The molecule has 0 bridgehead atoms. The summed E-state index contributed by atoms with van der Waals surface area (Å²) in [7, 11) is 0. The van der Waals surface area contributed by atoms with Gasteiger partial charge in [-0.05, 0) is 78.7 Å². The lowest BCUT2D eigenvalue weighted by molar-refractivity contribution is -0.123. The van der Waals surface area contributed by atoms with Crippen LogP contribution in [0, 0.1) is 19.7 Å². The third kappa shape index (κ3) is 6.13. The van der Waals surface area contributed by atoms with Gasteiger partial charge in [-0.25, -0.2) is 4.39 Å². The lowest BCUT2D eigenvalue weighted by Crippen LogP contribution is -2.27. The lowest BCUT2D eigenvalue weighted by atomic mass is 10.1. The Kier molecular flexibility index (Phi) is 7.76. The summed E-state index contributed by atoms with van der Waals surface area (Å²) in [5.74, 6) is -0.822. The molecule has 0 unspecified atom stereocenters. The van der Waals surface area contributed by atoms with Crippen LogP contribution in [0.25, 0.3) is 6.08 Å². The van der Waals surface area contributed by atoms with Gasteiger partial charge in [-0.2, -0.15) is 0 Å². The predicted molar refractivity (Wildman–Crippen MR) is 139 cm³/mol. The first-order chi connectivity index (χ1) is 17.2. The summed E-state index contributed by atoms with van der Waals surface area (Å²) in [4.78, 5) is 38.9. The van der Waals surface area contributed by atoms with Crippen LogP contribution >= 0.6 is 23.4 Å². The number of benzene rings is 3. The standard InChI is InChI=1S/C27H22ClFN2O4S/c1-16-6-9-23(17(2)10-16)30-25(32)15-35-21-5-3-4-18(11-21)12-24-26(33)31(27(34)36-24)14-19-7-8-20(29)13-22(19)28/h3-13H,14-15H2,1-2H3,(H,30,32)/b24-12-. The lowest BCUT2D eigenvalue weighted by Gasteiger charge is -2.13. The summed E-state index contributed by atoms with van der Waals surface area (Å²) >= 11 is 6.85. The van der Waals surface area contributed by atoms with E-state index in [0.29, 0.717) is 16.9 Å². The number of hydrogen-bond donors (Lipinski definition) is 1. The Labute approximate surface area is 217 Å². The van der Waals surface area contributed by atoms with E-state index in [0.717, 1.165) is 39.5 Å². The van der Waals surface area contributed by atoms with Gasteiger partial charge in [0.25, 0.3) is 17.1 Å². The smallest absolute Gasteiger partial charge is 0.293 e. The van der Waals surface area contributed by atoms with Gasteiger partial charge in [0.2, 0.25) is 0 Å². The zero-order valence-corrected chi connectivity index (χ0v) is 21.1. The summed E-state index contributed by atoms with van der Waals surface area (Å²) in [5, 5.41) is 2.53. The molecule has 0 aromatic heterocycles. The first-order valence-electron chi connectivity index (χ1n) is 11.0. The molecule has 1 N–H and O–H groups in total. The van der Waals surface area contributed by atoms with Crippen LogP contribution in [0.5, 0.6) is 5.75 Å². The fourth-order valence-electron chi connectivity index (χ4n) is 3.59. The Morgan fingerprint density at radius 2 is 1.92 bits per heavy atom. The van der Waals surface area contributed by atoms with Gasteiger partial charge in [0.15, 0.2) is 6.61 Å². The highest BCUT2D eigenvalue weighted by molar-refractivity contribution is 8.18. The molecule has 0 radical (unpaired) electrons. The van der Waals surface area contributed by atoms with Crippen LogP contribution in [-0.4, -0.2) is 28.6 Å². The molecule has 9 heteroatoms. The van der Waals surface area contributed by atoms with Gasteiger partial charge in [0.05, 0.1) is 11.4 Å². The van der Waals surface area contributed by atoms with E-state index in [1.807, 2.05) is 32.0 Å². The second-order valence-electron chi connectivity index (χ2n) is 8.23. The van der Waals surface area contributed by atoms with Crippen LogP contribution in [0.3, 0.4) is 0 Å². The number of ether oxygens (including phenoxy) is 1. The van der Waals surface area contributed by atoms with E-state index in [9.17, 15) is 18.8 Å². The third-order valence-electron chi connectivity index (χ3n) is 5.40. The first kappa shape index (κ1) is 25.5. The van der Waals surface area contributed by atoms with Gasteiger partial charge in [-0.3, -0.25) is 19.3 Å². The number of anilines is 1. The van der Waals surface area contributed by atoms with Crippen molar-refractivity contribution in [2.75, 3.05) is 11.9 Å². The summed E-state index contributed by atoms with van der Waals surface area (Å²) in [6, 6.07) is 16.4. The maximum absolute atomic E-state index is 13.3. The molecule has 3 amide bonds. The largest absolute Gasteiger partial charge is 0.484 e. The van der Waals surface area contributed by atoms with Gasteiger partial charge in [-0.1, -0.05) is 47.5 Å². The van der Waals surface area contributed by atoms with Crippen molar-refractivity contribution in [3.63, 3.8) is 0 Å². The van der Waals surface area contributed by atoms with E-state index in [1.165, 1.54) is 12.1 Å². The van der Waals surface area contributed by atoms with Crippen molar-refractivity contribution in [1.29, 1.82) is 0 Å². The number of nitrogens with one attached hydrogen (secondary N) is 1. The van der Waals surface area contributed by atoms with E-state index in [1.54, 1.807) is 30.3 Å². The van der Waals surface area contributed by atoms with Crippen molar-refractivity contribution in [3.8, 4) is 5.75 Å². The minimum Gasteiger partial charge on any atom is -0.484 e. The molecule has 0 spiro atoms. The Hall–Kier alpha value is -3.62. The number of thioether (sulfide) groups is 1. The molecule has 4 rings (SSSR count). The topological polar surface area (TPSA) is 75.7 Å². The number of carbonyl (C=O) groups excluding carboxylic acids is 3. The molecule has 36 heavy (non-hydrogen) atoms. The zero-order valence-electron chi connectivity index (χ0n) is 19.5. The minimum absolute atomic E-state index is 0.0557. The van der Waals surface area contributed by atoms with Crippen molar-refractivity contribution in [1.82, 2.24) is 4.90 Å². The summed E-state index contributed by atoms with van der Waals surface area (Å²) in [6.45, 7) is 3.66. The van der Waals surface area contributed by atoms with E-state index in [-0.39, 0.29) is 29.0 Å².